The molecule has 7 nitrogen and oxygen atoms in total. The molecule has 1 aromatic carbocycles. The van der Waals surface area contributed by atoms with E-state index < -0.39 is 6.03 Å². The third-order valence-corrected chi connectivity index (χ3v) is 2.81. The summed E-state index contributed by atoms with van der Waals surface area (Å²) in [6, 6.07) is 4.62. The van der Waals surface area contributed by atoms with Crippen molar-refractivity contribution >= 4 is 22.8 Å². The number of nitrogens with one attached hydrogen (secondary N) is 1. The Bertz CT molecular complexity index is 794. The Balaban J connectivity index is 2.06. The minimum atomic E-state index is -0.610. The van der Waals surface area contributed by atoms with E-state index in [4.69, 9.17) is 5.73 Å². The highest BCUT2D eigenvalue weighted by atomic mass is 16.2. The second-order valence-corrected chi connectivity index (χ2v) is 4.35. The van der Waals surface area contributed by atoms with Gasteiger partial charge in [0.2, 0.25) is 0 Å². The number of anilines is 1. The lowest BCUT2D eigenvalue weighted by molar-refractivity contribution is 0.259. The summed E-state index contributed by atoms with van der Waals surface area (Å²) < 4.78 is 1.70. The van der Waals surface area contributed by atoms with Gasteiger partial charge in [0.1, 0.15) is 0 Å². The van der Waals surface area contributed by atoms with Crippen LogP contribution in [0.2, 0.25) is 0 Å². The molecule has 2 aromatic heterocycles. The number of amides is 2. The van der Waals surface area contributed by atoms with Crippen LogP contribution in [0.25, 0.3) is 22.3 Å². The zero-order valence-electron chi connectivity index (χ0n) is 10.7. The van der Waals surface area contributed by atoms with Gasteiger partial charge in [-0.2, -0.15) is 5.10 Å². The van der Waals surface area contributed by atoms with Crippen LogP contribution in [0.1, 0.15) is 0 Å². The normalized spacial score (nSPS) is 10.7. The molecule has 0 atom stereocenters. The number of nitrogens with zero attached hydrogens (tertiary/aromatic N) is 4. The molecular weight excluding hydrogens is 256 g/mol. The number of benzene rings is 1. The van der Waals surface area contributed by atoms with Crippen molar-refractivity contribution < 1.29 is 4.79 Å². The summed E-state index contributed by atoms with van der Waals surface area (Å²) in [5.41, 5.74) is 8.71. The highest BCUT2D eigenvalue weighted by Crippen LogP contribution is 2.20. The summed E-state index contributed by atoms with van der Waals surface area (Å²) in [6.07, 6.45) is 5.28. The highest BCUT2D eigenvalue weighted by molar-refractivity contribution is 5.91. The molecule has 0 aliphatic rings. The summed E-state index contributed by atoms with van der Waals surface area (Å²) in [7, 11) is 1.84. The predicted octanol–water partition coefficient (Wildman–Crippen LogP) is 1.52. The van der Waals surface area contributed by atoms with Gasteiger partial charge in [-0.1, -0.05) is 0 Å². The smallest absolute Gasteiger partial charge is 0.316 e. The third-order valence-electron chi connectivity index (χ3n) is 2.81. The quantitative estimate of drug-likeness (QED) is 0.736. The maximum Gasteiger partial charge on any atom is 0.316 e. The molecule has 3 aromatic rings. The summed E-state index contributed by atoms with van der Waals surface area (Å²) in [4.78, 5) is 19.7. The van der Waals surface area contributed by atoms with Gasteiger partial charge >= 0.3 is 6.03 Å². The van der Waals surface area contributed by atoms with Gasteiger partial charge in [0.15, 0.2) is 0 Å². The Hall–Kier alpha value is -2.96. The van der Waals surface area contributed by atoms with Gasteiger partial charge in [-0.05, 0) is 18.2 Å². The van der Waals surface area contributed by atoms with E-state index in [2.05, 4.69) is 20.4 Å². The molecule has 0 saturated heterocycles. The highest BCUT2D eigenvalue weighted by Gasteiger charge is 2.06. The first-order chi connectivity index (χ1) is 9.61. The van der Waals surface area contributed by atoms with E-state index >= 15 is 0 Å². The molecule has 0 bridgehead atoms. The maximum atomic E-state index is 10.9. The first-order valence-corrected chi connectivity index (χ1v) is 5.94. The Morgan fingerprint density at radius 1 is 1.30 bits per heavy atom. The van der Waals surface area contributed by atoms with Crippen LogP contribution in [0.5, 0.6) is 0 Å². The lowest BCUT2D eigenvalue weighted by atomic mass is 10.2. The molecule has 0 unspecified atom stereocenters. The number of urea groups is 1. The van der Waals surface area contributed by atoms with Gasteiger partial charge < -0.3 is 11.1 Å². The molecule has 7 heteroatoms. The number of rotatable bonds is 2. The number of aryl methyl sites for hydroxylation is 1. The van der Waals surface area contributed by atoms with Crippen molar-refractivity contribution in [3.63, 3.8) is 0 Å². The molecule has 0 aliphatic heterocycles. The number of fused-ring (bicyclic) bond motifs is 1. The minimum absolute atomic E-state index is 0.586. The SMILES string of the molecule is Cn1cc(-c2cnc3ccc(NC(N)=O)cc3n2)cn1. The topological polar surface area (TPSA) is 98.7 Å². The van der Waals surface area contributed by atoms with Gasteiger partial charge in [-0.15, -0.1) is 0 Å². The second-order valence-electron chi connectivity index (χ2n) is 4.35. The fourth-order valence-electron chi connectivity index (χ4n) is 1.92. The van der Waals surface area contributed by atoms with E-state index in [1.807, 2.05) is 13.2 Å². The number of hydrogen-bond donors (Lipinski definition) is 2. The van der Waals surface area contributed by atoms with E-state index in [1.165, 1.54) is 0 Å². The second kappa shape index (κ2) is 4.61. The summed E-state index contributed by atoms with van der Waals surface area (Å²) in [6.45, 7) is 0. The van der Waals surface area contributed by atoms with Crippen molar-refractivity contribution in [1.82, 2.24) is 19.7 Å². The van der Waals surface area contributed by atoms with E-state index in [9.17, 15) is 4.79 Å². The molecule has 0 aliphatic carbocycles. The average molecular weight is 268 g/mol. The average Bonchev–Trinajstić information content (AvgIpc) is 2.84. The number of primary amides is 1. The van der Waals surface area contributed by atoms with Crippen molar-refractivity contribution in [3.05, 3.63) is 36.8 Å². The zero-order chi connectivity index (χ0) is 14.1. The fourth-order valence-corrected chi connectivity index (χ4v) is 1.92. The Morgan fingerprint density at radius 2 is 2.15 bits per heavy atom. The lowest BCUT2D eigenvalue weighted by Crippen LogP contribution is -2.19. The van der Waals surface area contributed by atoms with Crippen LogP contribution in [-0.4, -0.2) is 25.8 Å². The van der Waals surface area contributed by atoms with E-state index in [0.29, 0.717) is 11.2 Å². The lowest BCUT2D eigenvalue weighted by Gasteiger charge is -2.04. The van der Waals surface area contributed by atoms with Crippen molar-refractivity contribution in [2.45, 2.75) is 0 Å². The molecule has 2 heterocycles. The van der Waals surface area contributed by atoms with Gasteiger partial charge in [-0.25, -0.2) is 9.78 Å². The number of nitrogens with two attached hydrogens (primary N) is 1. The molecule has 3 rings (SSSR count). The predicted molar refractivity (Wildman–Crippen MR) is 74.9 cm³/mol. The van der Waals surface area contributed by atoms with Crippen molar-refractivity contribution in [1.29, 1.82) is 0 Å². The van der Waals surface area contributed by atoms with Crippen LogP contribution in [0, 0.1) is 0 Å². The molecule has 0 saturated carbocycles. The number of aromatic nitrogens is 4. The fraction of sp³-hybridized carbons (Fsp3) is 0.0769. The molecule has 0 fully saturated rings. The van der Waals surface area contributed by atoms with Crippen molar-refractivity contribution in [2.24, 2.45) is 12.8 Å². The standard InChI is InChI=1S/C13H12N6O/c1-19-7-8(5-16-19)12-6-15-10-3-2-9(17-13(14)20)4-11(10)18-12/h2-7H,1H3,(H3,14,17,20). The van der Waals surface area contributed by atoms with Crippen LogP contribution in [-0.2, 0) is 7.05 Å². The summed E-state index contributed by atoms with van der Waals surface area (Å²) in [5.74, 6) is 0. The maximum absolute atomic E-state index is 10.9. The molecule has 0 radical (unpaired) electrons. The molecule has 0 spiro atoms. The van der Waals surface area contributed by atoms with Crippen LogP contribution in [0.4, 0.5) is 10.5 Å². The molecule has 20 heavy (non-hydrogen) atoms. The Labute approximate surface area is 114 Å². The molecule has 2 amide bonds. The van der Waals surface area contributed by atoms with Crippen LogP contribution in [0.3, 0.4) is 0 Å². The molecule has 3 N–H and O–H groups in total. The van der Waals surface area contributed by atoms with Gasteiger partial charge in [0.05, 0.1) is 29.1 Å². The monoisotopic (exact) mass is 268 g/mol. The summed E-state index contributed by atoms with van der Waals surface area (Å²) in [5, 5.41) is 6.62. The first kappa shape index (κ1) is 12.1. The van der Waals surface area contributed by atoms with E-state index in [0.717, 1.165) is 16.8 Å². The summed E-state index contributed by atoms with van der Waals surface area (Å²) >= 11 is 0. The van der Waals surface area contributed by atoms with Gasteiger partial charge in [0, 0.05) is 24.5 Å². The number of hydrogen-bond acceptors (Lipinski definition) is 4. The largest absolute Gasteiger partial charge is 0.351 e. The van der Waals surface area contributed by atoms with Gasteiger partial charge in [-0.3, -0.25) is 9.67 Å². The van der Waals surface area contributed by atoms with Crippen LogP contribution in [0.15, 0.2) is 36.8 Å². The first-order valence-electron chi connectivity index (χ1n) is 5.94. The van der Waals surface area contributed by atoms with Crippen LogP contribution >= 0.6 is 0 Å². The Morgan fingerprint density at radius 3 is 2.85 bits per heavy atom. The van der Waals surface area contributed by atoms with Crippen molar-refractivity contribution in [3.8, 4) is 11.3 Å². The third kappa shape index (κ3) is 2.28. The van der Waals surface area contributed by atoms with E-state index in [-0.39, 0.29) is 0 Å². The van der Waals surface area contributed by atoms with Crippen molar-refractivity contribution in [2.75, 3.05) is 5.32 Å². The van der Waals surface area contributed by atoms with Gasteiger partial charge in [0.25, 0.3) is 0 Å². The molecular formula is C13H12N6O. The number of carbonyl (C=O) groups is 1. The minimum Gasteiger partial charge on any atom is -0.351 e. The molecule has 100 valence electrons. The van der Waals surface area contributed by atoms with E-state index in [1.54, 1.807) is 35.3 Å². The Kier molecular flexibility index (Phi) is 2.79. The number of carbonyl (C=O) groups excluding carboxylic acids is 1. The van der Waals surface area contributed by atoms with Crippen LogP contribution < -0.4 is 11.1 Å². The zero-order valence-corrected chi connectivity index (χ0v) is 10.7.